The molecule has 3 aliphatic rings. The van der Waals surface area contributed by atoms with Gasteiger partial charge in [0.05, 0.1) is 7.05 Å². The van der Waals surface area contributed by atoms with Crippen molar-refractivity contribution in [1.29, 1.82) is 0 Å². The van der Waals surface area contributed by atoms with E-state index in [0.29, 0.717) is 18.5 Å². The van der Waals surface area contributed by atoms with Crippen molar-refractivity contribution in [1.82, 2.24) is 14.8 Å². The predicted molar refractivity (Wildman–Crippen MR) is 141 cm³/mol. The molecule has 3 aromatic rings. The zero-order valence-corrected chi connectivity index (χ0v) is 21.7. The van der Waals surface area contributed by atoms with Crippen LogP contribution in [0.25, 0.3) is 22.2 Å². The third-order valence-corrected chi connectivity index (χ3v) is 8.24. The van der Waals surface area contributed by atoms with Gasteiger partial charge in [-0.3, -0.25) is 0 Å². The Morgan fingerprint density at radius 3 is 2.71 bits per heavy atom. The van der Waals surface area contributed by atoms with Crippen molar-refractivity contribution < 1.29 is 9.36 Å². The highest BCUT2D eigenvalue weighted by Crippen LogP contribution is 2.34. The molecule has 1 aliphatic carbocycles. The number of aromatic amines is 1. The molecule has 3 atom stereocenters. The van der Waals surface area contributed by atoms with E-state index in [1.807, 2.05) is 0 Å². The number of hydrogen-bond acceptors (Lipinski definition) is 2. The number of imidazole rings is 1. The topological polar surface area (TPSA) is 69.2 Å². The van der Waals surface area contributed by atoms with Crippen molar-refractivity contribution in [3.05, 3.63) is 53.3 Å². The minimum absolute atomic E-state index is 0.191. The first-order chi connectivity index (χ1) is 16.8. The van der Waals surface area contributed by atoms with Crippen LogP contribution in [0.2, 0.25) is 0 Å². The number of fused-ring (bicyclic) bond motifs is 5. The first-order valence-corrected chi connectivity index (χ1v) is 13.2. The maximum Gasteiger partial charge on any atom is 0.320 e. The monoisotopic (exact) mass is 474 g/mol. The zero-order valence-electron chi connectivity index (χ0n) is 21.7. The van der Waals surface area contributed by atoms with E-state index in [1.54, 1.807) is 0 Å². The van der Waals surface area contributed by atoms with Gasteiger partial charge < -0.3 is 15.5 Å². The Kier molecular flexibility index (Phi) is 6.58. The molecule has 6 nitrogen and oxygen atoms in total. The summed E-state index contributed by atoms with van der Waals surface area (Å²) in [5.74, 6) is 1.69. The van der Waals surface area contributed by atoms with Gasteiger partial charge in [-0.05, 0) is 91.5 Å². The number of rotatable bonds is 5. The van der Waals surface area contributed by atoms with E-state index in [0.717, 1.165) is 50.1 Å². The van der Waals surface area contributed by atoms with E-state index >= 15 is 0 Å². The second-order valence-electron chi connectivity index (χ2n) is 10.8. The molecular weight excluding hydrogens is 434 g/mol. The molecule has 2 bridgehead atoms. The number of amides is 2. The zero-order chi connectivity index (χ0) is 24.7. The smallest absolute Gasteiger partial charge is 0.320 e. The highest BCUT2D eigenvalue weighted by atomic mass is 16.2. The van der Waals surface area contributed by atoms with E-state index in [1.165, 1.54) is 34.2 Å². The Morgan fingerprint density at radius 2 is 1.91 bits per heavy atom. The molecule has 3 heterocycles. The summed E-state index contributed by atoms with van der Waals surface area (Å²) in [6.45, 7) is 8.67. The molecule has 186 valence electrons. The van der Waals surface area contributed by atoms with Crippen LogP contribution >= 0.6 is 0 Å². The van der Waals surface area contributed by atoms with Crippen LogP contribution in [0.1, 0.15) is 56.0 Å². The number of carbonyl (C=O) groups excluding carboxylic acids is 1. The van der Waals surface area contributed by atoms with Gasteiger partial charge >= 0.3 is 6.03 Å². The third kappa shape index (κ3) is 4.68. The summed E-state index contributed by atoms with van der Waals surface area (Å²) in [5, 5.41) is 0. The average Bonchev–Trinajstić information content (AvgIpc) is 2.96. The number of benzene rings is 2. The number of nitrogens with one attached hydrogen (secondary N) is 1. The number of nitrogens with two attached hydrogens (primary N) is 1. The van der Waals surface area contributed by atoms with E-state index in [-0.39, 0.29) is 12.1 Å². The molecule has 2 amide bonds. The summed E-state index contributed by atoms with van der Waals surface area (Å²) in [6, 6.07) is 14.0. The molecule has 3 N–H and O–H groups in total. The van der Waals surface area contributed by atoms with E-state index < -0.39 is 0 Å². The highest BCUT2D eigenvalue weighted by molar-refractivity contribution is 5.80. The number of hydrogen-bond donors (Lipinski definition) is 2. The fourth-order valence-corrected chi connectivity index (χ4v) is 6.14. The molecular formula is C29H40N5O+. The van der Waals surface area contributed by atoms with Gasteiger partial charge in [0.2, 0.25) is 0 Å². The maximum absolute atomic E-state index is 13.8. The Labute approximate surface area is 209 Å². The van der Waals surface area contributed by atoms with Gasteiger partial charge in [-0.25, -0.2) is 14.3 Å². The Bertz CT molecular complexity index is 1230. The molecule has 6 rings (SSSR count). The first kappa shape index (κ1) is 23.9. The minimum atomic E-state index is 0.191. The number of piperidine rings is 1. The molecule has 35 heavy (non-hydrogen) atoms. The lowest BCUT2D eigenvalue weighted by atomic mass is 9.94. The van der Waals surface area contributed by atoms with Crippen LogP contribution in [0, 0.1) is 19.8 Å². The van der Waals surface area contributed by atoms with Crippen LogP contribution in [-0.4, -0.2) is 46.0 Å². The molecule has 3 unspecified atom stereocenters. The lowest BCUT2D eigenvalue weighted by Gasteiger charge is -2.40. The van der Waals surface area contributed by atoms with E-state index in [2.05, 4.69) is 83.6 Å². The summed E-state index contributed by atoms with van der Waals surface area (Å²) in [7, 11) is 2.08. The van der Waals surface area contributed by atoms with Crippen molar-refractivity contribution in [2.75, 3.05) is 13.1 Å². The van der Waals surface area contributed by atoms with Crippen LogP contribution < -0.4 is 10.3 Å². The molecule has 2 aliphatic heterocycles. The van der Waals surface area contributed by atoms with Crippen LogP contribution in [-0.2, 0) is 13.6 Å². The van der Waals surface area contributed by atoms with Crippen LogP contribution in [0.3, 0.4) is 0 Å². The van der Waals surface area contributed by atoms with Gasteiger partial charge in [0.25, 0.3) is 5.82 Å². The second-order valence-corrected chi connectivity index (χ2v) is 10.8. The highest BCUT2D eigenvalue weighted by Gasteiger charge is 2.38. The van der Waals surface area contributed by atoms with E-state index in [9.17, 15) is 4.79 Å². The summed E-state index contributed by atoms with van der Waals surface area (Å²) in [4.78, 5) is 21.5. The van der Waals surface area contributed by atoms with Gasteiger partial charge in [0, 0.05) is 38.6 Å². The Balaban J connectivity index is 1.41. The predicted octanol–water partition coefficient (Wildman–Crippen LogP) is 4.81. The van der Waals surface area contributed by atoms with E-state index in [4.69, 9.17) is 5.73 Å². The van der Waals surface area contributed by atoms with Crippen LogP contribution in [0.5, 0.6) is 0 Å². The quantitative estimate of drug-likeness (QED) is 0.521. The van der Waals surface area contributed by atoms with Gasteiger partial charge in [-0.1, -0.05) is 19.1 Å². The number of aryl methyl sites for hydroxylation is 3. The summed E-state index contributed by atoms with van der Waals surface area (Å²) >= 11 is 0. The lowest BCUT2D eigenvalue weighted by molar-refractivity contribution is -0.651. The van der Waals surface area contributed by atoms with Gasteiger partial charge in [0.15, 0.2) is 11.0 Å². The van der Waals surface area contributed by atoms with Gasteiger partial charge in [0.1, 0.15) is 0 Å². The molecule has 0 radical (unpaired) electrons. The molecule has 1 aromatic heterocycles. The molecule has 6 heteroatoms. The molecule has 1 saturated carbocycles. The Morgan fingerprint density at radius 1 is 1.14 bits per heavy atom. The van der Waals surface area contributed by atoms with Gasteiger partial charge in [-0.2, -0.15) is 0 Å². The summed E-state index contributed by atoms with van der Waals surface area (Å²) in [5.41, 5.74) is 13.5. The van der Waals surface area contributed by atoms with Crippen molar-refractivity contribution in [2.24, 2.45) is 18.7 Å². The van der Waals surface area contributed by atoms with Crippen molar-refractivity contribution in [3.63, 3.8) is 0 Å². The molecule has 0 spiro atoms. The number of urea groups is 1. The number of H-pyrrole nitrogens is 1. The van der Waals surface area contributed by atoms with Crippen LogP contribution in [0.15, 0.2) is 36.4 Å². The molecule has 3 fully saturated rings. The fourth-order valence-electron chi connectivity index (χ4n) is 6.14. The number of aromatic nitrogens is 2. The van der Waals surface area contributed by atoms with Gasteiger partial charge in [-0.15, -0.1) is 0 Å². The van der Waals surface area contributed by atoms with Crippen molar-refractivity contribution in [2.45, 2.75) is 71.5 Å². The summed E-state index contributed by atoms with van der Waals surface area (Å²) < 4.78 is 2.18. The minimum Gasteiger partial charge on any atom is -0.328 e. The van der Waals surface area contributed by atoms with Crippen molar-refractivity contribution >= 4 is 17.1 Å². The van der Waals surface area contributed by atoms with Crippen LogP contribution in [0.4, 0.5) is 4.79 Å². The molecule has 2 saturated heterocycles. The first-order valence-electron chi connectivity index (χ1n) is 13.2. The largest absolute Gasteiger partial charge is 0.328 e. The standard InChI is InChI=1S/C29H39N5O/c1-5-12-33(29(35)34-17-21-7-10-26(34)16-25(30)13-21)18-24-14-22(8-6-19(24)2)23-9-11-28-27(15-23)31-20(3)32(28)4/h6,8-9,11,14-15,21,25-26H,5,7,10,12-13,16-18,30H2,1-4H3/p+1. The fraction of sp³-hybridized carbons (Fsp3) is 0.517. The second kappa shape index (κ2) is 9.65. The normalized spacial score (nSPS) is 22.0. The lowest BCUT2D eigenvalue weighted by Crippen LogP contribution is -2.51. The SMILES string of the molecule is CCCN(Cc1cc(-c2ccc3c(c2)[nH]c(C)[n+]3C)ccc1C)C(=O)N1CC2CCC1CC(N)C2. The number of nitrogens with zero attached hydrogens (tertiary/aromatic N) is 3. The molecule has 2 aromatic carbocycles. The number of carbonyl (C=O) groups is 1. The van der Waals surface area contributed by atoms with Crippen molar-refractivity contribution in [3.8, 4) is 11.1 Å². The summed E-state index contributed by atoms with van der Waals surface area (Å²) in [6.07, 6.45) is 5.25. The maximum atomic E-state index is 13.8. The third-order valence-electron chi connectivity index (χ3n) is 8.24. The Hall–Kier alpha value is -2.86. The average molecular weight is 475 g/mol.